The molecule has 0 aromatic heterocycles. The highest BCUT2D eigenvalue weighted by molar-refractivity contribution is 8.00. The Morgan fingerprint density at radius 1 is 1.07 bits per heavy atom. The van der Waals surface area contributed by atoms with E-state index in [1.807, 2.05) is 18.2 Å². The molecular weight excluding hydrogens is 372 g/mol. The summed E-state index contributed by atoms with van der Waals surface area (Å²) in [5.41, 5.74) is 0.816. The Morgan fingerprint density at radius 3 is 2.50 bits per heavy atom. The van der Waals surface area contributed by atoms with E-state index >= 15 is 0 Å². The molecule has 0 spiro atoms. The number of carbonyl (C=O) groups is 2. The van der Waals surface area contributed by atoms with Crippen LogP contribution in [0.25, 0.3) is 0 Å². The maximum atomic E-state index is 11.8. The molecule has 1 aromatic carbocycles. The minimum Gasteiger partial charge on any atom is -0.491 e. The van der Waals surface area contributed by atoms with Gasteiger partial charge in [-0.1, -0.05) is 56.9 Å². The lowest BCUT2D eigenvalue weighted by Gasteiger charge is -2.13. The zero-order chi connectivity index (χ0) is 20.2. The summed E-state index contributed by atoms with van der Waals surface area (Å²) in [5, 5.41) is 6.17. The number of fused-ring (bicyclic) bond motifs is 1. The summed E-state index contributed by atoms with van der Waals surface area (Å²) in [7, 11) is 0. The van der Waals surface area contributed by atoms with Crippen molar-refractivity contribution in [2.75, 3.05) is 11.9 Å². The molecule has 5 nitrogen and oxygen atoms in total. The molecule has 0 fully saturated rings. The average Bonchev–Trinajstić information content (AvgIpc) is 3.06. The first-order valence-corrected chi connectivity index (χ1v) is 11.5. The van der Waals surface area contributed by atoms with E-state index in [1.54, 1.807) is 11.8 Å². The zero-order valence-electron chi connectivity index (χ0n) is 17.2. The molecule has 0 saturated heterocycles. The molecule has 156 valence electrons. The van der Waals surface area contributed by atoms with Crippen LogP contribution in [0.1, 0.15) is 78.1 Å². The van der Waals surface area contributed by atoms with Gasteiger partial charge in [-0.3, -0.25) is 9.59 Å². The number of para-hydroxylation sites is 1. The number of unbranched alkanes of at least 4 members (excludes halogenated alkanes) is 6. The Balaban J connectivity index is 1.57. The third-order valence-electron chi connectivity index (χ3n) is 4.76. The van der Waals surface area contributed by atoms with Crippen LogP contribution in [0.4, 0.5) is 5.69 Å². The molecule has 0 aliphatic carbocycles. The van der Waals surface area contributed by atoms with Gasteiger partial charge in [0.2, 0.25) is 5.91 Å². The number of ketones is 1. The van der Waals surface area contributed by atoms with Crippen molar-refractivity contribution in [1.29, 1.82) is 0 Å². The number of nitrogens with one attached hydrogen (secondary N) is 2. The van der Waals surface area contributed by atoms with E-state index in [-0.39, 0.29) is 11.4 Å². The third kappa shape index (κ3) is 8.13. The Hall–Kier alpha value is -1.69. The normalized spacial score (nSPS) is 15.0. The first-order chi connectivity index (χ1) is 13.6. The average molecular weight is 407 g/mol. The summed E-state index contributed by atoms with van der Waals surface area (Å²) >= 11 is 1.58. The largest absolute Gasteiger partial charge is 0.491 e. The molecule has 1 heterocycles. The van der Waals surface area contributed by atoms with Crippen molar-refractivity contribution in [2.24, 2.45) is 0 Å². The van der Waals surface area contributed by atoms with E-state index in [1.165, 1.54) is 26.2 Å². The van der Waals surface area contributed by atoms with Crippen molar-refractivity contribution in [3.8, 4) is 5.75 Å². The standard InChI is InChI=1S/C22H34N2O3S/c1-3-4-5-8-12-18(26)13-9-6-7-10-16-27-19-14-11-15-20-21(19)24-22(28-20)23-17(2)25/h11,14-15,22,24H,3-10,12-13,16H2,1-2H3,(H,23,25). The minimum atomic E-state index is -0.142. The topological polar surface area (TPSA) is 67.4 Å². The van der Waals surface area contributed by atoms with Crippen molar-refractivity contribution in [1.82, 2.24) is 5.32 Å². The van der Waals surface area contributed by atoms with Crippen molar-refractivity contribution in [3.63, 3.8) is 0 Å². The van der Waals surface area contributed by atoms with Gasteiger partial charge >= 0.3 is 0 Å². The smallest absolute Gasteiger partial charge is 0.219 e. The Bertz CT molecular complexity index is 636. The molecule has 6 heteroatoms. The second-order valence-corrected chi connectivity index (χ2v) is 8.48. The van der Waals surface area contributed by atoms with Crippen molar-refractivity contribution in [2.45, 2.75) is 88.4 Å². The van der Waals surface area contributed by atoms with Gasteiger partial charge in [-0.05, 0) is 31.4 Å². The second kappa shape index (κ2) is 12.7. The molecular formula is C22H34N2O3S. The van der Waals surface area contributed by atoms with Gasteiger partial charge in [-0.2, -0.15) is 0 Å². The van der Waals surface area contributed by atoms with Gasteiger partial charge < -0.3 is 15.4 Å². The van der Waals surface area contributed by atoms with Crippen LogP contribution < -0.4 is 15.4 Å². The predicted molar refractivity (Wildman–Crippen MR) is 116 cm³/mol. The van der Waals surface area contributed by atoms with Gasteiger partial charge in [0.1, 0.15) is 11.5 Å². The van der Waals surface area contributed by atoms with E-state index < -0.39 is 0 Å². The third-order valence-corrected chi connectivity index (χ3v) is 5.82. The highest BCUT2D eigenvalue weighted by Gasteiger charge is 2.24. The number of hydrogen-bond acceptors (Lipinski definition) is 5. The van der Waals surface area contributed by atoms with E-state index in [0.29, 0.717) is 12.4 Å². The molecule has 2 rings (SSSR count). The monoisotopic (exact) mass is 406 g/mol. The van der Waals surface area contributed by atoms with Crippen LogP contribution in [-0.2, 0) is 9.59 Å². The zero-order valence-corrected chi connectivity index (χ0v) is 18.0. The molecule has 1 aliphatic heterocycles. The molecule has 28 heavy (non-hydrogen) atoms. The fourth-order valence-electron chi connectivity index (χ4n) is 3.24. The number of anilines is 1. The first kappa shape index (κ1) is 22.6. The van der Waals surface area contributed by atoms with Crippen LogP contribution in [0.3, 0.4) is 0 Å². The lowest BCUT2D eigenvalue weighted by atomic mass is 10.0. The summed E-state index contributed by atoms with van der Waals surface area (Å²) in [6, 6.07) is 5.96. The van der Waals surface area contributed by atoms with Gasteiger partial charge in [0, 0.05) is 24.7 Å². The molecule has 1 amide bonds. The molecule has 1 unspecified atom stereocenters. The van der Waals surface area contributed by atoms with E-state index in [4.69, 9.17) is 4.74 Å². The van der Waals surface area contributed by atoms with Gasteiger partial charge in [0.15, 0.2) is 5.50 Å². The first-order valence-electron chi connectivity index (χ1n) is 10.6. The maximum Gasteiger partial charge on any atom is 0.219 e. The van der Waals surface area contributed by atoms with Crippen LogP contribution >= 0.6 is 11.8 Å². The molecule has 1 aromatic rings. The fraction of sp³-hybridized carbons (Fsp3) is 0.636. The minimum absolute atomic E-state index is 0.0558. The quantitative estimate of drug-likeness (QED) is 0.400. The molecule has 1 aliphatic rings. The number of ether oxygens (including phenoxy) is 1. The van der Waals surface area contributed by atoms with Crippen LogP contribution in [0, 0.1) is 0 Å². The van der Waals surface area contributed by atoms with E-state index in [9.17, 15) is 9.59 Å². The van der Waals surface area contributed by atoms with E-state index in [2.05, 4.69) is 17.6 Å². The lowest BCUT2D eigenvalue weighted by Crippen LogP contribution is -2.34. The van der Waals surface area contributed by atoms with Crippen molar-refractivity contribution >= 4 is 29.1 Å². The van der Waals surface area contributed by atoms with Crippen molar-refractivity contribution < 1.29 is 14.3 Å². The van der Waals surface area contributed by atoms with E-state index in [0.717, 1.165) is 61.3 Å². The Kier molecular flexibility index (Phi) is 10.3. The van der Waals surface area contributed by atoms with Crippen LogP contribution in [0.2, 0.25) is 0 Å². The molecule has 0 radical (unpaired) electrons. The van der Waals surface area contributed by atoms with Crippen LogP contribution in [-0.4, -0.2) is 23.8 Å². The number of Topliss-reactive ketones (excluding diaryl/α,β-unsaturated/α-hetero) is 1. The molecule has 0 saturated carbocycles. The summed E-state index contributed by atoms with van der Waals surface area (Å²) < 4.78 is 5.95. The van der Waals surface area contributed by atoms with Crippen LogP contribution in [0.5, 0.6) is 5.75 Å². The molecule has 1 atom stereocenters. The number of hydrogen-bond donors (Lipinski definition) is 2. The number of benzene rings is 1. The SMILES string of the molecule is CCCCCCC(=O)CCCCCCOc1cccc2c1NC(NC(C)=O)S2. The fourth-order valence-corrected chi connectivity index (χ4v) is 4.33. The Morgan fingerprint density at radius 2 is 1.79 bits per heavy atom. The molecule has 0 bridgehead atoms. The maximum absolute atomic E-state index is 11.8. The number of rotatable bonds is 14. The number of thioether (sulfide) groups is 1. The summed E-state index contributed by atoms with van der Waals surface area (Å²) in [4.78, 5) is 24.1. The Labute approximate surface area is 173 Å². The highest BCUT2D eigenvalue weighted by Crippen LogP contribution is 2.43. The van der Waals surface area contributed by atoms with Gasteiger partial charge in [0.25, 0.3) is 0 Å². The summed E-state index contributed by atoms with van der Waals surface area (Å²) in [6.45, 7) is 4.37. The van der Waals surface area contributed by atoms with Crippen molar-refractivity contribution in [3.05, 3.63) is 18.2 Å². The number of carbonyl (C=O) groups excluding carboxylic acids is 2. The van der Waals surface area contributed by atoms with Crippen LogP contribution in [0.15, 0.2) is 23.1 Å². The lowest BCUT2D eigenvalue weighted by molar-refractivity contribution is -0.120. The van der Waals surface area contributed by atoms with Gasteiger partial charge in [-0.25, -0.2) is 0 Å². The molecule has 2 N–H and O–H groups in total. The van der Waals surface area contributed by atoms with Gasteiger partial charge in [-0.15, -0.1) is 0 Å². The predicted octanol–water partition coefficient (Wildman–Crippen LogP) is 5.49. The van der Waals surface area contributed by atoms with Gasteiger partial charge in [0.05, 0.1) is 12.3 Å². The summed E-state index contributed by atoms with van der Waals surface area (Å²) in [6.07, 6.45) is 10.3. The summed E-state index contributed by atoms with van der Waals surface area (Å²) in [5.74, 6) is 1.20. The number of amides is 1. The second-order valence-electron chi connectivity index (χ2n) is 7.33. The highest BCUT2D eigenvalue weighted by atomic mass is 32.2.